The molecule has 0 radical (unpaired) electrons. The van der Waals surface area contributed by atoms with Crippen LogP contribution in [0.1, 0.15) is 46.1 Å². The zero-order chi connectivity index (χ0) is 15.1. The van der Waals surface area contributed by atoms with Gasteiger partial charge in [0.1, 0.15) is 5.75 Å². The first kappa shape index (κ1) is 16.4. The molecule has 0 aliphatic carbocycles. The lowest BCUT2D eigenvalue weighted by Crippen LogP contribution is -2.23. The highest BCUT2D eigenvalue weighted by molar-refractivity contribution is 5.43. The highest BCUT2D eigenvalue weighted by atomic mass is 16.6. The Morgan fingerprint density at radius 2 is 2.05 bits per heavy atom. The van der Waals surface area contributed by atoms with Crippen molar-refractivity contribution < 1.29 is 9.66 Å². The second kappa shape index (κ2) is 7.85. The SMILES string of the molecule is CCCC(C)Oc1ccc([N+](=O)[O-])cc1CNC(C)C. The zero-order valence-corrected chi connectivity index (χ0v) is 12.7. The maximum absolute atomic E-state index is 10.9. The minimum absolute atomic E-state index is 0.0982. The Morgan fingerprint density at radius 1 is 1.35 bits per heavy atom. The molecule has 1 N–H and O–H groups in total. The average Bonchev–Trinajstić information content (AvgIpc) is 2.37. The molecule has 0 bridgehead atoms. The topological polar surface area (TPSA) is 64.4 Å². The lowest BCUT2D eigenvalue weighted by atomic mass is 10.1. The van der Waals surface area contributed by atoms with Crippen molar-refractivity contribution in [2.24, 2.45) is 0 Å². The van der Waals surface area contributed by atoms with Crippen LogP contribution < -0.4 is 10.1 Å². The maximum Gasteiger partial charge on any atom is 0.270 e. The van der Waals surface area contributed by atoms with Crippen LogP contribution in [0.25, 0.3) is 0 Å². The van der Waals surface area contributed by atoms with E-state index < -0.39 is 0 Å². The predicted octanol–water partition coefficient (Wildman–Crippen LogP) is 3.66. The largest absolute Gasteiger partial charge is 0.490 e. The number of nitrogens with zero attached hydrogens (tertiary/aromatic N) is 1. The summed E-state index contributed by atoms with van der Waals surface area (Å²) in [6.45, 7) is 8.77. The molecule has 5 heteroatoms. The van der Waals surface area contributed by atoms with Gasteiger partial charge in [-0.05, 0) is 19.4 Å². The van der Waals surface area contributed by atoms with Crippen LogP contribution >= 0.6 is 0 Å². The van der Waals surface area contributed by atoms with Gasteiger partial charge in [0.05, 0.1) is 11.0 Å². The molecule has 0 heterocycles. The first-order chi connectivity index (χ1) is 9.43. The standard InChI is InChI=1S/C15H24N2O3/c1-5-6-12(4)20-15-8-7-14(17(18)19)9-13(15)10-16-11(2)3/h7-9,11-12,16H,5-6,10H2,1-4H3. The van der Waals surface area contributed by atoms with Gasteiger partial charge in [0.2, 0.25) is 0 Å². The van der Waals surface area contributed by atoms with Crippen LogP contribution in [-0.4, -0.2) is 17.1 Å². The summed E-state index contributed by atoms with van der Waals surface area (Å²) in [6, 6.07) is 5.09. The van der Waals surface area contributed by atoms with Crippen molar-refractivity contribution in [3.05, 3.63) is 33.9 Å². The molecule has 112 valence electrons. The minimum atomic E-state index is -0.377. The van der Waals surface area contributed by atoms with E-state index in [9.17, 15) is 10.1 Å². The fourth-order valence-corrected chi connectivity index (χ4v) is 1.93. The molecule has 20 heavy (non-hydrogen) atoms. The molecule has 1 aromatic carbocycles. The van der Waals surface area contributed by atoms with E-state index in [1.165, 1.54) is 6.07 Å². The predicted molar refractivity (Wildman–Crippen MR) is 80.1 cm³/mol. The fraction of sp³-hybridized carbons (Fsp3) is 0.600. The lowest BCUT2D eigenvalue weighted by Gasteiger charge is -2.18. The van der Waals surface area contributed by atoms with E-state index in [2.05, 4.69) is 12.2 Å². The maximum atomic E-state index is 10.9. The van der Waals surface area contributed by atoms with Gasteiger partial charge in [0.25, 0.3) is 5.69 Å². The van der Waals surface area contributed by atoms with Crippen molar-refractivity contribution in [1.29, 1.82) is 0 Å². The number of nitro groups is 1. The number of ether oxygens (including phenoxy) is 1. The van der Waals surface area contributed by atoms with Crippen LogP contribution in [0.5, 0.6) is 5.75 Å². The monoisotopic (exact) mass is 280 g/mol. The third kappa shape index (κ3) is 5.17. The van der Waals surface area contributed by atoms with Crippen LogP contribution in [-0.2, 0) is 6.54 Å². The summed E-state index contributed by atoms with van der Waals surface area (Å²) >= 11 is 0. The molecule has 0 aliphatic heterocycles. The first-order valence-electron chi connectivity index (χ1n) is 7.11. The van der Waals surface area contributed by atoms with Crippen molar-refractivity contribution in [1.82, 2.24) is 5.32 Å². The van der Waals surface area contributed by atoms with Gasteiger partial charge in [-0.2, -0.15) is 0 Å². The van der Waals surface area contributed by atoms with Crippen molar-refractivity contribution in [3.8, 4) is 5.75 Å². The number of rotatable bonds is 8. The zero-order valence-electron chi connectivity index (χ0n) is 12.7. The molecule has 0 aromatic heterocycles. The van der Waals surface area contributed by atoms with Crippen molar-refractivity contribution >= 4 is 5.69 Å². The number of nitrogens with one attached hydrogen (secondary N) is 1. The highest BCUT2D eigenvalue weighted by Crippen LogP contribution is 2.25. The Morgan fingerprint density at radius 3 is 2.60 bits per heavy atom. The number of non-ortho nitro benzene ring substituents is 1. The van der Waals surface area contributed by atoms with Crippen LogP contribution in [0.4, 0.5) is 5.69 Å². The molecule has 5 nitrogen and oxygen atoms in total. The molecular weight excluding hydrogens is 256 g/mol. The summed E-state index contributed by atoms with van der Waals surface area (Å²) in [7, 11) is 0. The van der Waals surface area contributed by atoms with Crippen LogP contribution in [0.15, 0.2) is 18.2 Å². The molecule has 1 atom stereocenters. The Labute approximate surface area is 120 Å². The van der Waals surface area contributed by atoms with E-state index in [0.717, 1.165) is 24.2 Å². The van der Waals surface area contributed by atoms with Gasteiger partial charge in [-0.3, -0.25) is 10.1 Å². The Balaban J connectivity index is 2.92. The molecule has 1 unspecified atom stereocenters. The molecule has 1 rings (SSSR count). The van der Waals surface area contributed by atoms with Gasteiger partial charge in [-0.15, -0.1) is 0 Å². The van der Waals surface area contributed by atoms with Crippen LogP contribution in [0.2, 0.25) is 0 Å². The number of nitro benzene ring substituents is 1. The van der Waals surface area contributed by atoms with E-state index in [-0.39, 0.29) is 16.7 Å². The van der Waals surface area contributed by atoms with E-state index in [1.807, 2.05) is 20.8 Å². The number of benzene rings is 1. The van der Waals surface area contributed by atoms with E-state index in [1.54, 1.807) is 12.1 Å². The van der Waals surface area contributed by atoms with Gasteiger partial charge < -0.3 is 10.1 Å². The highest BCUT2D eigenvalue weighted by Gasteiger charge is 2.14. The quantitative estimate of drug-likeness (QED) is 0.583. The summed E-state index contributed by atoms with van der Waals surface area (Å²) in [5, 5.41) is 14.1. The summed E-state index contributed by atoms with van der Waals surface area (Å²) in [5.41, 5.74) is 0.928. The van der Waals surface area contributed by atoms with Gasteiger partial charge in [0, 0.05) is 30.3 Å². The van der Waals surface area contributed by atoms with Gasteiger partial charge in [-0.25, -0.2) is 0 Å². The Hall–Kier alpha value is -1.62. The Kier molecular flexibility index (Phi) is 6.45. The lowest BCUT2D eigenvalue weighted by molar-refractivity contribution is -0.384. The second-order valence-corrected chi connectivity index (χ2v) is 5.30. The third-order valence-corrected chi connectivity index (χ3v) is 2.98. The molecule has 0 saturated carbocycles. The van der Waals surface area contributed by atoms with Crippen LogP contribution in [0.3, 0.4) is 0 Å². The summed E-state index contributed by atoms with van der Waals surface area (Å²) in [5.74, 6) is 0.727. The van der Waals surface area contributed by atoms with Gasteiger partial charge in [0.15, 0.2) is 0 Å². The summed E-state index contributed by atoms with van der Waals surface area (Å²) < 4.78 is 5.89. The molecule has 0 spiro atoms. The summed E-state index contributed by atoms with van der Waals surface area (Å²) in [4.78, 5) is 10.5. The number of hydrogen-bond acceptors (Lipinski definition) is 4. The first-order valence-corrected chi connectivity index (χ1v) is 7.11. The van der Waals surface area contributed by atoms with E-state index in [0.29, 0.717) is 12.6 Å². The van der Waals surface area contributed by atoms with Crippen molar-refractivity contribution in [2.75, 3.05) is 0 Å². The smallest absolute Gasteiger partial charge is 0.270 e. The number of hydrogen-bond donors (Lipinski definition) is 1. The second-order valence-electron chi connectivity index (χ2n) is 5.30. The van der Waals surface area contributed by atoms with Crippen LogP contribution in [0, 0.1) is 10.1 Å². The molecule has 0 amide bonds. The van der Waals surface area contributed by atoms with Crippen molar-refractivity contribution in [3.63, 3.8) is 0 Å². The van der Waals surface area contributed by atoms with Gasteiger partial charge in [-0.1, -0.05) is 27.2 Å². The summed E-state index contributed by atoms with van der Waals surface area (Å²) in [6.07, 6.45) is 2.13. The van der Waals surface area contributed by atoms with Crippen molar-refractivity contribution in [2.45, 2.75) is 59.2 Å². The normalized spacial score (nSPS) is 12.4. The van der Waals surface area contributed by atoms with E-state index in [4.69, 9.17) is 4.74 Å². The molecule has 1 aromatic rings. The Bertz CT molecular complexity index is 447. The average molecular weight is 280 g/mol. The molecule has 0 saturated heterocycles. The van der Waals surface area contributed by atoms with E-state index >= 15 is 0 Å². The molecule has 0 aliphatic rings. The van der Waals surface area contributed by atoms with Gasteiger partial charge >= 0.3 is 0 Å². The molecule has 0 fully saturated rings. The fourth-order valence-electron chi connectivity index (χ4n) is 1.93. The minimum Gasteiger partial charge on any atom is -0.490 e. The third-order valence-electron chi connectivity index (χ3n) is 2.98. The molecular formula is C15H24N2O3.